The van der Waals surface area contributed by atoms with Crippen molar-refractivity contribution in [3.8, 4) is 0 Å². The van der Waals surface area contributed by atoms with Crippen molar-refractivity contribution in [3.05, 3.63) is 48.0 Å². The van der Waals surface area contributed by atoms with Gasteiger partial charge in [-0.05, 0) is 24.3 Å². The van der Waals surface area contributed by atoms with Gasteiger partial charge in [0, 0.05) is 39.1 Å². The molecule has 11 heteroatoms. The summed E-state index contributed by atoms with van der Waals surface area (Å²) < 4.78 is 67.0. The largest absolute Gasteiger partial charge is 0.416 e. The fourth-order valence-corrected chi connectivity index (χ4v) is 4.43. The smallest absolute Gasteiger partial charge is 0.337 e. The Balaban J connectivity index is 0.00000243. The molecule has 1 unspecified atom stereocenters. The summed E-state index contributed by atoms with van der Waals surface area (Å²) in [6.45, 7) is 1.05. The Hall–Kier alpha value is -1.62. The second-order valence-electron chi connectivity index (χ2n) is 5.75. The number of benzene rings is 1. The lowest BCUT2D eigenvalue weighted by Gasteiger charge is -2.34. The van der Waals surface area contributed by atoms with Crippen molar-refractivity contribution in [1.82, 2.24) is 19.2 Å². The summed E-state index contributed by atoms with van der Waals surface area (Å²) >= 11 is 0. The molecule has 1 aliphatic rings. The van der Waals surface area contributed by atoms with E-state index in [0.717, 1.165) is 24.3 Å². The molecule has 0 amide bonds. The number of aryl methyl sites for hydroxylation is 1. The van der Waals surface area contributed by atoms with E-state index < -0.39 is 27.8 Å². The molecule has 1 aromatic carbocycles. The predicted octanol–water partition coefficient (Wildman–Crippen LogP) is 2.20. The van der Waals surface area contributed by atoms with E-state index >= 15 is 0 Å². The maximum absolute atomic E-state index is 12.9. The van der Waals surface area contributed by atoms with Crippen molar-refractivity contribution in [3.63, 3.8) is 0 Å². The van der Waals surface area contributed by atoms with Crippen LogP contribution in [0.5, 0.6) is 0 Å². The molecule has 0 aliphatic carbocycles. The Labute approximate surface area is 155 Å². The van der Waals surface area contributed by atoms with Gasteiger partial charge in [0.1, 0.15) is 5.82 Å². The monoisotopic (exact) mass is 410 g/mol. The number of nitrogens with zero attached hydrogens (tertiary/aromatic N) is 3. The summed E-state index contributed by atoms with van der Waals surface area (Å²) in [5, 5.41) is 3.12. The van der Waals surface area contributed by atoms with E-state index in [-0.39, 0.29) is 23.8 Å². The van der Waals surface area contributed by atoms with Crippen LogP contribution in [-0.4, -0.2) is 41.9 Å². The van der Waals surface area contributed by atoms with Crippen LogP contribution in [0.4, 0.5) is 13.2 Å². The van der Waals surface area contributed by atoms with E-state index in [0.29, 0.717) is 18.9 Å². The molecular formula is C15H18ClF3N4O2S. The van der Waals surface area contributed by atoms with Gasteiger partial charge in [-0.2, -0.15) is 17.5 Å². The molecular weight excluding hydrogens is 393 g/mol. The Morgan fingerprint density at radius 2 is 1.88 bits per heavy atom. The molecule has 1 N–H and O–H groups in total. The fourth-order valence-electron chi connectivity index (χ4n) is 2.84. The third-order valence-electron chi connectivity index (χ3n) is 4.14. The number of sulfonamides is 1. The quantitative estimate of drug-likeness (QED) is 0.842. The summed E-state index contributed by atoms with van der Waals surface area (Å²) in [5.74, 6) is 0.572. The summed E-state index contributed by atoms with van der Waals surface area (Å²) in [6, 6.07) is 3.03. The molecule has 0 saturated carbocycles. The van der Waals surface area contributed by atoms with Gasteiger partial charge in [-0.3, -0.25) is 0 Å². The topological polar surface area (TPSA) is 67.2 Å². The van der Waals surface area contributed by atoms with Crippen LogP contribution < -0.4 is 5.32 Å². The highest BCUT2D eigenvalue weighted by molar-refractivity contribution is 7.89. The first-order valence-corrected chi connectivity index (χ1v) is 9.02. The predicted molar refractivity (Wildman–Crippen MR) is 91.4 cm³/mol. The van der Waals surface area contributed by atoms with Crippen LogP contribution in [0, 0.1) is 0 Å². The Bertz CT molecular complexity index is 853. The lowest BCUT2D eigenvalue weighted by atomic mass is 10.2. The van der Waals surface area contributed by atoms with Crippen LogP contribution >= 0.6 is 12.4 Å². The fraction of sp³-hybridized carbons (Fsp3) is 0.400. The number of alkyl halides is 3. The van der Waals surface area contributed by atoms with E-state index in [4.69, 9.17) is 0 Å². The molecule has 26 heavy (non-hydrogen) atoms. The molecule has 1 saturated heterocycles. The van der Waals surface area contributed by atoms with Crippen molar-refractivity contribution >= 4 is 22.4 Å². The summed E-state index contributed by atoms with van der Waals surface area (Å²) in [4.78, 5) is 4.05. The van der Waals surface area contributed by atoms with Crippen LogP contribution in [0.25, 0.3) is 0 Å². The van der Waals surface area contributed by atoms with Crippen molar-refractivity contribution in [2.24, 2.45) is 7.05 Å². The molecule has 144 valence electrons. The molecule has 0 bridgehead atoms. The molecule has 2 aromatic rings. The van der Waals surface area contributed by atoms with Crippen LogP contribution in [0.15, 0.2) is 41.6 Å². The lowest BCUT2D eigenvalue weighted by Crippen LogP contribution is -2.49. The summed E-state index contributed by atoms with van der Waals surface area (Å²) in [5.41, 5.74) is -0.882. The van der Waals surface area contributed by atoms with Gasteiger partial charge in [-0.15, -0.1) is 12.4 Å². The van der Waals surface area contributed by atoms with Gasteiger partial charge in [0.05, 0.1) is 16.5 Å². The van der Waals surface area contributed by atoms with Gasteiger partial charge in [0.25, 0.3) is 0 Å². The van der Waals surface area contributed by atoms with Crippen LogP contribution in [0.1, 0.15) is 17.4 Å². The van der Waals surface area contributed by atoms with Crippen molar-refractivity contribution in [2.75, 3.05) is 19.6 Å². The van der Waals surface area contributed by atoms with Crippen LogP contribution in [0.2, 0.25) is 0 Å². The summed E-state index contributed by atoms with van der Waals surface area (Å²) in [7, 11) is -2.18. The minimum absolute atomic E-state index is 0. The number of piperazine rings is 1. The average molecular weight is 411 g/mol. The third kappa shape index (κ3) is 3.88. The molecule has 2 heterocycles. The zero-order valence-electron chi connectivity index (χ0n) is 13.8. The summed E-state index contributed by atoms with van der Waals surface area (Å²) in [6.07, 6.45) is -1.22. The number of imidazole rings is 1. The number of hydrogen-bond donors (Lipinski definition) is 1. The molecule has 1 atom stereocenters. The Morgan fingerprint density at radius 1 is 1.23 bits per heavy atom. The maximum atomic E-state index is 12.9. The highest BCUT2D eigenvalue weighted by atomic mass is 35.5. The minimum atomic E-state index is -4.51. The van der Waals surface area contributed by atoms with E-state index in [9.17, 15) is 21.6 Å². The van der Waals surface area contributed by atoms with Gasteiger partial charge in [-0.25, -0.2) is 13.4 Å². The minimum Gasteiger partial charge on any atom is -0.337 e. The first kappa shape index (κ1) is 20.7. The molecule has 1 aromatic heterocycles. The average Bonchev–Trinajstić information content (AvgIpc) is 3.00. The third-order valence-corrected chi connectivity index (χ3v) is 6.06. The molecule has 1 aliphatic heterocycles. The van der Waals surface area contributed by atoms with E-state index in [1.165, 1.54) is 4.31 Å². The van der Waals surface area contributed by atoms with Crippen molar-refractivity contribution < 1.29 is 21.6 Å². The molecule has 0 spiro atoms. The number of halogens is 4. The molecule has 3 rings (SSSR count). The first-order chi connectivity index (χ1) is 11.7. The Kier molecular flexibility index (Phi) is 6.01. The van der Waals surface area contributed by atoms with Gasteiger partial charge < -0.3 is 9.88 Å². The SMILES string of the molecule is Cl.Cn1ccnc1C1CNCCN1S(=O)(=O)c1ccc(C(F)(F)F)cc1. The highest BCUT2D eigenvalue weighted by Gasteiger charge is 2.37. The maximum Gasteiger partial charge on any atom is 0.416 e. The van der Waals surface area contributed by atoms with E-state index in [1.807, 2.05) is 0 Å². The van der Waals surface area contributed by atoms with Gasteiger partial charge in [0.15, 0.2) is 0 Å². The second kappa shape index (κ2) is 7.55. The van der Waals surface area contributed by atoms with E-state index in [2.05, 4.69) is 10.3 Å². The van der Waals surface area contributed by atoms with Crippen LogP contribution in [-0.2, 0) is 23.2 Å². The number of hydrogen-bond acceptors (Lipinski definition) is 4. The van der Waals surface area contributed by atoms with Crippen LogP contribution in [0.3, 0.4) is 0 Å². The first-order valence-electron chi connectivity index (χ1n) is 7.58. The van der Waals surface area contributed by atoms with Gasteiger partial charge in [0.2, 0.25) is 10.0 Å². The number of nitrogens with one attached hydrogen (secondary N) is 1. The normalized spacial score (nSPS) is 19.2. The number of aromatic nitrogens is 2. The highest BCUT2D eigenvalue weighted by Crippen LogP contribution is 2.32. The lowest BCUT2D eigenvalue weighted by molar-refractivity contribution is -0.137. The number of rotatable bonds is 3. The Morgan fingerprint density at radius 3 is 2.42 bits per heavy atom. The molecule has 0 radical (unpaired) electrons. The van der Waals surface area contributed by atoms with Crippen molar-refractivity contribution in [2.45, 2.75) is 17.1 Å². The molecule has 1 fully saturated rings. The second-order valence-corrected chi connectivity index (χ2v) is 7.64. The molecule has 6 nitrogen and oxygen atoms in total. The zero-order chi connectivity index (χ0) is 18.2. The van der Waals surface area contributed by atoms with Crippen molar-refractivity contribution in [1.29, 1.82) is 0 Å². The standard InChI is InChI=1S/C15H17F3N4O2S.ClH/c1-21-8-7-20-14(21)13-10-19-6-9-22(13)25(23,24)12-4-2-11(3-5-12)15(16,17)18;/h2-5,7-8,13,19H,6,9-10H2,1H3;1H. The van der Waals surface area contributed by atoms with E-state index in [1.54, 1.807) is 24.0 Å². The zero-order valence-corrected chi connectivity index (χ0v) is 15.4. The van der Waals surface area contributed by atoms with Gasteiger partial charge in [-0.1, -0.05) is 0 Å². The van der Waals surface area contributed by atoms with Gasteiger partial charge >= 0.3 is 6.18 Å².